The number of nitrogens with one attached hydrogen (secondary N) is 2. The molecule has 1 heterocycles. The number of H-pyrrole nitrogens is 1. The predicted octanol–water partition coefficient (Wildman–Crippen LogP) is -0.614. The molecule has 7 nitrogen and oxygen atoms in total. The molecule has 0 saturated carbocycles. The van der Waals surface area contributed by atoms with Crippen LogP contribution in [-0.4, -0.2) is 32.6 Å². The van der Waals surface area contributed by atoms with E-state index in [-0.39, 0.29) is 0 Å². The van der Waals surface area contributed by atoms with Gasteiger partial charge < -0.3 is 11.1 Å². The van der Waals surface area contributed by atoms with Gasteiger partial charge in [-0.05, 0) is 16.0 Å². The van der Waals surface area contributed by atoms with Crippen molar-refractivity contribution in [3.63, 3.8) is 0 Å². The number of nitrogens with two attached hydrogens (primary N) is 1. The lowest BCUT2D eigenvalue weighted by Gasteiger charge is -2.13. The minimum absolute atomic E-state index is 0.342. The number of benzene rings is 1. The van der Waals surface area contributed by atoms with Crippen LogP contribution >= 0.6 is 0 Å². The molecule has 7 heteroatoms. The third-order valence-corrected chi connectivity index (χ3v) is 2.53. The van der Waals surface area contributed by atoms with Gasteiger partial charge in [0.15, 0.2) is 5.82 Å². The molecule has 0 saturated heterocycles. The van der Waals surface area contributed by atoms with E-state index in [0.717, 1.165) is 5.56 Å². The third-order valence-electron chi connectivity index (χ3n) is 2.53. The summed E-state index contributed by atoms with van der Waals surface area (Å²) >= 11 is 0. The molecule has 1 aromatic heterocycles. The average molecular weight is 246 g/mol. The Balaban J connectivity index is 1.93. The maximum Gasteiger partial charge on any atom is 0.235 e. The first-order valence-corrected chi connectivity index (χ1v) is 5.55. The number of hydrogen-bond acceptors (Lipinski definition) is 5. The largest absolute Gasteiger partial charge is 0.368 e. The lowest BCUT2D eigenvalue weighted by molar-refractivity contribution is -0.120. The second-order valence-corrected chi connectivity index (χ2v) is 3.87. The highest BCUT2D eigenvalue weighted by atomic mass is 16.1. The maximum absolute atomic E-state index is 11.3. The Morgan fingerprint density at radius 2 is 2.17 bits per heavy atom. The number of tetrazole rings is 1. The molecule has 0 bridgehead atoms. The third kappa shape index (κ3) is 3.36. The van der Waals surface area contributed by atoms with Gasteiger partial charge in [0.05, 0.1) is 6.04 Å². The fraction of sp³-hybridized carbons (Fsp3) is 0.273. The molecule has 0 aliphatic heterocycles. The van der Waals surface area contributed by atoms with Crippen LogP contribution < -0.4 is 11.1 Å². The van der Waals surface area contributed by atoms with Crippen molar-refractivity contribution in [1.82, 2.24) is 25.9 Å². The zero-order valence-electron chi connectivity index (χ0n) is 9.71. The van der Waals surface area contributed by atoms with E-state index in [4.69, 9.17) is 5.73 Å². The molecule has 1 amide bonds. The van der Waals surface area contributed by atoms with Crippen LogP contribution in [0.25, 0.3) is 0 Å². The van der Waals surface area contributed by atoms with E-state index < -0.39 is 11.9 Å². The van der Waals surface area contributed by atoms with Gasteiger partial charge in [0.25, 0.3) is 0 Å². The van der Waals surface area contributed by atoms with Crippen molar-refractivity contribution < 1.29 is 4.79 Å². The molecule has 0 radical (unpaired) electrons. The number of nitrogens with zero attached hydrogens (tertiary/aromatic N) is 3. The summed E-state index contributed by atoms with van der Waals surface area (Å²) in [5.74, 6) is 0.0988. The van der Waals surface area contributed by atoms with Crippen LogP contribution in [-0.2, 0) is 17.8 Å². The summed E-state index contributed by atoms with van der Waals surface area (Å²) in [6, 6.07) is 9.27. The lowest BCUT2D eigenvalue weighted by atomic mass is 10.1. The molecule has 4 N–H and O–H groups in total. The predicted molar refractivity (Wildman–Crippen MR) is 64.1 cm³/mol. The summed E-state index contributed by atoms with van der Waals surface area (Å²) in [5.41, 5.74) is 6.42. The molecule has 18 heavy (non-hydrogen) atoms. The van der Waals surface area contributed by atoms with Crippen LogP contribution in [0.4, 0.5) is 0 Å². The van der Waals surface area contributed by atoms with E-state index in [0.29, 0.717) is 18.8 Å². The summed E-state index contributed by atoms with van der Waals surface area (Å²) in [6.45, 7) is 0.565. The summed E-state index contributed by atoms with van der Waals surface area (Å²) in [5, 5.41) is 16.3. The number of hydrogen-bond donors (Lipinski definition) is 3. The van der Waals surface area contributed by atoms with Crippen molar-refractivity contribution in [3.8, 4) is 0 Å². The van der Waals surface area contributed by atoms with Gasteiger partial charge in [0.1, 0.15) is 0 Å². The van der Waals surface area contributed by atoms with Crippen molar-refractivity contribution in [3.05, 3.63) is 41.7 Å². The van der Waals surface area contributed by atoms with Crippen LogP contribution in [0, 0.1) is 0 Å². The average Bonchev–Trinajstić information content (AvgIpc) is 2.88. The number of aromatic nitrogens is 4. The van der Waals surface area contributed by atoms with Crippen LogP contribution in [0.2, 0.25) is 0 Å². The van der Waals surface area contributed by atoms with Crippen LogP contribution in [0.1, 0.15) is 11.4 Å². The fourth-order valence-electron chi connectivity index (χ4n) is 1.57. The molecule has 2 rings (SSSR count). The number of aromatic amines is 1. The number of rotatable bonds is 6. The quantitative estimate of drug-likeness (QED) is 0.629. The minimum Gasteiger partial charge on any atom is -0.368 e. The van der Waals surface area contributed by atoms with E-state index >= 15 is 0 Å². The summed E-state index contributed by atoms with van der Waals surface area (Å²) < 4.78 is 0. The van der Waals surface area contributed by atoms with Gasteiger partial charge in [-0.1, -0.05) is 30.3 Å². The SMILES string of the molecule is NC(=O)C(Cc1nnn[nH]1)NCc1ccccc1. The first-order valence-electron chi connectivity index (χ1n) is 5.55. The van der Waals surface area contributed by atoms with E-state index in [9.17, 15) is 4.79 Å². The van der Waals surface area contributed by atoms with Gasteiger partial charge in [-0.3, -0.25) is 4.79 Å². The van der Waals surface area contributed by atoms with Gasteiger partial charge in [-0.2, -0.15) is 0 Å². The Morgan fingerprint density at radius 3 is 2.78 bits per heavy atom. The molecule has 0 spiro atoms. The van der Waals surface area contributed by atoms with Crippen molar-refractivity contribution >= 4 is 5.91 Å². The lowest BCUT2D eigenvalue weighted by Crippen LogP contribution is -2.42. The Hall–Kier alpha value is -2.28. The molecule has 1 unspecified atom stereocenters. The molecule has 1 atom stereocenters. The Morgan fingerprint density at radius 1 is 1.39 bits per heavy atom. The second kappa shape index (κ2) is 5.87. The van der Waals surface area contributed by atoms with E-state index in [1.54, 1.807) is 0 Å². The first-order chi connectivity index (χ1) is 8.75. The van der Waals surface area contributed by atoms with Crippen molar-refractivity contribution in [1.29, 1.82) is 0 Å². The molecular formula is C11H14N6O. The summed E-state index contributed by atoms with van der Waals surface area (Å²) in [6.07, 6.45) is 0.342. The molecule has 0 aliphatic carbocycles. The van der Waals surface area contributed by atoms with Crippen LogP contribution in [0.15, 0.2) is 30.3 Å². The molecule has 1 aromatic carbocycles. The van der Waals surface area contributed by atoms with Crippen LogP contribution in [0.5, 0.6) is 0 Å². The Kier molecular flexibility index (Phi) is 3.98. The highest BCUT2D eigenvalue weighted by Crippen LogP contribution is 2.00. The van der Waals surface area contributed by atoms with Gasteiger partial charge in [0, 0.05) is 13.0 Å². The van der Waals surface area contributed by atoms with E-state index in [1.807, 2.05) is 30.3 Å². The standard InChI is InChI=1S/C11H14N6O/c12-11(18)9(6-10-14-16-17-15-10)13-7-8-4-2-1-3-5-8/h1-5,9,13H,6-7H2,(H2,12,18)(H,14,15,16,17). The zero-order valence-corrected chi connectivity index (χ0v) is 9.71. The van der Waals surface area contributed by atoms with Crippen molar-refractivity contribution in [2.45, 2.75) is 19.0 Å². The number of primary amides is 1. The number of amides is 1. The Bertz CT molecular complexity index is 483. The highest BCUT2D eigenvalue weighted by Gasteiger charge is 2.17. The second-order valence-electron chi connectivity index (χ2n) is 3.87. The topological polar surface area (TPSA) is 110 Å². The van der Waals surface area contributed by atoms with Gasteiger partial charge >= 0.3 is 0 Å². The summed E-state index contributed by atoms with van der Waals surface area (Å²) in [7, 11) is 0. The van der Waals surface area contributed by atoms with Crippen molar-refractivity contribution in [2.24, 2.45) is 5.73 Å². The minimum atomic E-state index is -0.500. The molecule has 0 fully saturated rings. The van der Waals surface area contributed by atoms with Gasteiger partial charge in [0.2, 0.25) is 5.91 Å². The molecule has 0 aliphatic rings. The smallest absolute Gasteiger partial charge is 0.235 e. The van der Waals surface area contributed by atoms with Gasteiger partial charge in [-0.15, -0.1) is 5.10 Å². The van der Waals surface area contributed by atoms with E-state index in [1.165, 1.54) is 0 Å². The molecule has 94 valence electrons. The van der Waals surface area contributed by atoms with Crippen molar-refractivity contribution in [2.75, 3.05) is 0 Å². The summed E-state index contributed by atoms with van der Waals surface area (Å²) in [4.78, 5) is 11.3. The van der Waals surface area contributed by atoms with Crippen LogP contribution in [0.3, 0.4) is 0 Å². The monoisotopic (exact) mass is 246 g/mol. The Labute approximate surface area is 104 Å². The number of carbonyl (C=O) groups excluding carboxylic acids is 1. The first kappa shape index (κ1) is 12.2. The highest BCUT2D eigenvalue weighted by molar-refractivity contribution is 5.80. The fourth-order valence-corrected chi connectivity index (χ4v) is 1.57. The van der Waals surface area contributed by atoms with Gasteiger partial charge in [-0.25, -0.2) is 5.10 Å². The van der Waals surface area contributed by atoms with E-state index in [2.05, 4.69) is 25.9 Å². The normalized spacial score (nSPS) is 12.2. The zero-order chi connectivity index (χ0) is 12.8. The molecule has 2 aromatic rings. The number of carbonyl (C=O) groups is 1. The molecular weight excluding hydrogens is 232 g/mol. The maximum atomic E-state index is 11.3.